The van der Waals surface area contributed by atoms with E-state index in [1.54, 1.807) is 48.4 Å². The molecule has 428 valence electrons. The molecule has 2 aromatic carbocycles. The smallest absolute Gasteiger partial charge is 0.257 e. The van der Waals surface area contributed by atoms with Crippen LogP contribution in [-0.2, 0) is 51.2 Å². The number of methoxy groups -OCH3 is 3. The Balaban J connectivity index is 0.988. The van der Waals surface area contributed by atoms with E-state index in [4.69, 9.17) is 67.1 Å². The van der Waals surface area contributed by atoms with Gasteiger partial charge in [0, 0.05) is 69.9 Å². The first-order valence-corrected chi connectivity index (χ1v) is 27.0. The molecule has 7 rings (SSSR count). The summed E-state index contributed by atoms with van der Waals surface area (Å²) in [6, 6.07) is 9.91. The third kappa shape index (κ3) is 17.4. The summed E-state index contributed by atoms with van der Waals surface area (Å²) in [6.45, 7) is 11.8. The largest absolute Gasteiger partial charge is 0.493 e. The van der Waals surface area contributed by atoms with Crippen LogP contribution in [0.15, 0.2) is 69.7 Å². The number of hydrogen-bond donors (Lipinski definition) is 0. The molecule has 1 aromatic heterocycles. The Labute approximate surface area is 462 Å². The van der Waals surface area contributed by atoms with Gasteiger partial charge in [0.25, 0.3) is 11.8 Å². The molecule has 4 aliphatic heterocycles. The lowest BCUT2D eigenvalue weighted by atomic mass is 10.1. The van der Waals surface area contributed by atoms with Crippen LogP contribution in [0.1, 0.15) is 85.0 Å². The normalized spacial score (nSPS) is 17.3. The zero-order valence-electron chi connectivity index (χ0n) is 46.5. The van der Waals surface area contributed by atoms with Gasteiger partial charge in [0.1, 0.15) is 31.4 Å². The van der Waals surface area contributed by atoms with E-state index in [0.717, 1.165) is 12.8 Å². The van der Waals surface area contributed by atoms with Crippen molar-refractivity contribution in [2.75, 3.05) is 127 Å². The number of carbonyl (C=O) groups excluding carboxylic acids is 4. The molecule has 0 aliphatic carbocycles. The number of ketones is 1. The van der Waals surface area contributed by atoms with Crippen molar-refractivity contribution in [2.45, 2.75) is 78.2 Å². The Morgan fingerprint density at radius 3 is 1.49 bits per heavy atom. The lowest BCUT2D eigenvalue weighted by Gasteiger charge is -2.23. The molecule has 79 heavy (non-hydrogen) atoms. The van der Waals surface area contributed by atoms with Crippen molar-refractivity contribution in [3.63, 3.8) is 0 Å². The summed E-state index contributed by atoms with van der Waals surface area (Å²) in [6.07, 6.45) is 10.1. The summed E-state index contributed by atoms with van der Waals surface area (Å²) >= 11 is 0. The highest BCUT2D eigenvalue weighted by molar-refractivity contribution is 6.05. The Morgan fingerprint density at radius 2 is 1.05 bits per heavy atom. The van der Waals surface area contributed by atoms with Gasteiger partial charge in [0.2, 0.25) is 5.91 Å². The van der Waals surface area contributed by atoms with E-state index in [-0.39, 0.29) is 75.0 Å². The molecule has 4 aliphatic rings. The Kier molecular flexibility index (Phi) is 23.6. The molecule has 2 fully saturated rings. The number of nitrogens with zero attached hydrogens (tertiary/aromatic N) is 6. The maximum atomic E-state index is 13.8. The molecule has 3 amide bonds. The second kappa shape index (κ2) is 31.1. The van der Waals surface area contributed by atoms with Crippen LogP contribution in [0.4, 0.5) is 11.4 Å². The van der Waals surface area contributed by atoms with Gasteiger partial charge in [0.15, 0.2) is 23.0 Å². The van der Waals surface area contributed by atoms with Crippen molar-refractivity contribution >= 4 is 47.3 Å². The predicted octanol–water partition coefficient (Wildman–Crippen LogP) is 6.71. The number of amides is 3. The van der Waals surface area contributed by atoms with E-state index in [1.165, 1.54) is 32.3 Å². The van der Waals surface area contributed by atoms with Crippen LogP contribution in [0, 0.1) is 0 Å². The van der Waals surface area contributed by atoms with Crippen molar-refractivity contribution in [3.05, 3.63) is 82.2 Å². The van der Waals surface area contributed by atoms with Crippen LogP contribution in [-0.4, -0.2) is 194 Å². The lowest BCUT2D eigenvalue weighted by molar-refractivity contribution is -0.133. The average Bonchev–Trinajstić information content (AvgIpc) is 4.07. The molecule has 5 heterocycles. The number of hydrogen-bond acceptors (Lipinski definition) is 18. The molecule has 2 saturated heterocycles. The number of aromatic nitrogens is 1. The molecule has 21 heteroatoms. The maximum absolute atomic E-state index is 13.8. The van der Waals surface area contributed by atoms with Gasteiger partial charge in [-0.2, -0.15) is 0 Å². The maximum Gasteiger partial charge on any atom is 0.257 e. The Hall–Kier alpha value is -6.75. The number of allylic oxidation sites excluding steroid dienone is 2. The van der Waals surface area contributed by atoms with E-state index in [9.17, 15) is 19.2 Å². The fourth-order valence-corrected chi connectivity index (χ4v) is 9.28. The topological polar surface area (TPSA) is 217 Å². The van der Waals surface area contributed by atoms with Gasteiger partial charge in [0.05, 0.1) is 146 Å². The van der Waals surface area contributed by atoms with E-state index >= 15 is 0 Å². The summed E-state index contributed by atoms with van der Waals surface area (Å²) in [5.41, 5.74) is 5.07. The highest BCUT2D eigenvalue weighted by atomic mass is 16.6. The Bertz CT molecular complexity index is 2540. The van der Waals surface area contributed by atoms with Crippen molar-refractivity contribution < 1.29 is 71.3 Å². The van der Waals surface area contributed by atoms with E-state index in [2.05, 4.69) is 0 Å². The molecule has 0 spiro atoms. The van der Waals surface area contributed by atoms with Crippen molar-refractivity contribution in [2.24, 2.45) is 9.98 Å². The van der Waals surface area contributed by atoms with Crippen molar-refractivity contribution in [3.8, 4) is 28.7 Å². The fraction of sp³-hybridized carbons (Fsp3) is 0.534. The van der Waals surface area contributed by atoms with Gasteiger partial charge in [-0.3, -0.25) is 29.4 Å². The lowest BCUT2D eigenvalue weighted by Crippen LogP contribution is -2.36. The monoisotopic (exact) mass is 1100 g/mol. The molecule has 0 unspecified atom stereocenters. The molecule has 21 nitrogen and oxygen atoms in total. The van der Waals surface area contributed by atoms with Crippen LogP contribution in [0.25, 0.3) is 0 Å². The number of rotatable bonds is 34. The van der Waals surface area contributed by atoms with Gasteiger partial charge in [-0.25, -0.2) is 0 Å². The molecular formula is C58H76N6O15. The van der Waals surface area contributed by atoms with Gasteiger partial charge in [-0.15, -0.1) is 0 Å². The Morgan fingerprint density at radius 1 is 0.582 bits per heavy atom. The molecular weight excluding hydrogens is 1020 g/mol. The quantitative estimate of drug-likeness (QED) is 0.0449. The zero-order valence-corrected chi connectivity index (χ0v) is 46.5. The first kappa shape index (κ1) is 59.9. The number of carbonyl (C=O) groups is 4. The minimum atomic E-state index is -0.145. The second-order valence-corrected chi connectivity index (χ2v) is 19.1. The summed E-state index contributed by atoms with van der Waals surface area (Å²) in [4.78, 5) is 72.7. The minimum Gasteiger partial charge on any atom is -0.493 e. The van der Waals surface area contributed by atoms with Gasteiger partial charge in [-0.1, -0.05) is 23.3 Å². The number of benzene rings is 2. The minimum absolute atomic E-state index is 0.0351. The van der Waals surface area contributed by atoms with Crippen molar-refractivity contribution in [1.29, 1.82) is 0 Å². The van der Waals surface area contributed by atoms with Crippen LogP contribution >= 0.6 is 0 Å². The molecule has 2 atom stereocenters. The highest BCUT2D eigenvalue weighted by Gasteiger charge is 2.36. The van der Waals surface area contributed by atoms with E-state index in [1.807, 2.05) is 48.2 Å². The molecule has 0 radical (unpaired) electrons. The summed E-state index contributed by atoms with van der Waals surface area (Å²) in [5, 5.41) is 0. The van der Waals surface area contributed by atoms with Gasteiger partial charge < -0.3 is 71.6 Å². The summed E-state index contributed by atoms with van der Waals surface area (Å²) < 4.78 is 63.3. The van der Waals surface area contributed by atoms with Crippen LogP contribution in [0.2, 0.25) is 0 Å². The standard InChI is InChI=1S/C58H76N6O15/c1-7-41-26-45-34-59-50-32-54(52(70-5)30-48(50)57(67)63(45)36-41)78-38-43-28-47(29-44(61-43)39-79-55-33-51-49(31-53(55)71-6)58(68)64-37-42(8-2)27-46(64)35-60-51)77-15-13-62(12-9-10-40(3)65)56(66)11-14-72-18-19-74-22-23-76-25-24-75-21-20-73-17-16-69-4/h7-8,28-35,45-46H,9-27,36-39H2,1-6H3/b41-7+,42-8+/t45-,46-/m0/s1. The highest BCUT2D eigenvalue weighted by Crippen LogP contribution is 2.41. The van der Waals surface area contributed by atoms with E-state index in [0.29, 0.717) is 161 Å². The van der Waals surface area contributed by atoms with E-state index < -0.39 is 0 Å². The molecule has 0 N–H and O–H groups in total. The van der Waals surface area contributed by atoms with Crippen molar-refractivity contribution in [1.82, 2.24) is 19.7 Å². The average molecular weight is 1100 g/mol. The first-order valence-electron chi connectivity index (χ1n) is 27.0. The molecule has 3 aromatic rings. The zero-order chi connectivity index (χ0) is 55.9. The first-order chi connectivity index (χ1) is 38.5. The van der Waals surface area contributed by atoms with Gasteiger partial charge >= 0.3 is 0 Å². The number of Topliss-reactive ketones (excluding diaryl/α,β-unsaturated/α-hetero) is 1. The predicted molar refractivity (Wildman–Crippen MR) is 294 cm³/mol. The van der Waals surface area contributed by atoms with Crippen LogP contribution in [0.3, 0.4) is 0 Å². The number of fused-ring (bicyclic) bond motifs is 4. The van der Waals surface area contributed by atoms with Gasteiger partial charge in [-0.05, 0) is 52.2 Å². The number of ether oxygens (including phenoxy) is 11. The van der Waals surface area contributed by atoms with Crippen LogP contribution < -0.4 is 23.7 Å². The van der Waals surface area contributed by atoms with Crippen LogP contribution in [0.5, 0.6) is 28.7 Å². The summed E-state index contributed by atoms with van der Waals surface area (Å²) in [5.74, 6) is 1.47. The SMILES string of the molecule is C/C=C1\C[C@H]2C=Nc3cc(OCc4cc(OCCN(CCCC(C)=O)C(=O)CCOCCOCCOCCOCCOCCOC)cc(COc5cc6c(cc5OC)C(=O)N5C/C(=C/C)C[C@H]5C=N6)n4)c(OC)cc3C(=O)N2C1. The third-order valence-corrected chi connectivity index (χ3v) is 13.6. The number of pyridine rings is 1. The fourth-order valence-electron chi connectivity index (χ4n) is 9.28. The number of aliphatic imine (C=N–C) groups is 2. The third-order valence-electron chi connectivity index (χ3n) is 13.6. The summed E-state index contributed by atoms with van der Waals surface area (Å²) in [7, 11) is 4.65. The molecule has 0 saturated carbocycles. The molecule has 0 bridgehead atoms. The second-order valence-electron chi connectivity index (χ2n) is 19.1.